The molecule has 6 heterocycles. The van der Waals surface area contributed by atoms with Crippen LogP contribution in [0.4, 0.5) is 0 Å². The van der Waals surface area contributed by atoms with Gasteiger partial charge in [-0.3, -0.25) is 9.38 Å². The summed E-state index contributed by atoms with van der Waals surface area (Å²) in [7, 11) is 0. The lowest BCUT2D eigenvalue weighted by atomic mass is 9.74. The Morgan fingerprint density at radius 1 is 0.661 bits per heavy atom. The highest BCUT2D eigenvalue weighted by molar-refractivity contribution is 7.27. The van der Waals surface area contributed by atoms with E-state index in [2.05, 4.69) is 150 Å². The first-order valence-corrected chi connectivity index (χ1v) is 20.7. The van der Waals surface area contributed by atoms with Crippen molar-refractivity contribution in [3.8, 4) is 22.5 Å². The summed E-state index contributed by atoms with van der Waals surface area (Å²) in [5.41, 5.74) is 12.6. The maximum atomic E-state index is 5.49. The van der Waals surface area contributed by atoms with Crippen LogP contribution in [0.25, 0.3) is 107 Å². The van der Waals surface area contributed by atoms with E-state index < -0.39 is 0 Å². The number of thiophene rings is 2. The van der Waals surface area contributed by atoms with Crippen molar-refractivity contribution < 1.29 is 0 Å². The quantitative estimate of drug-likeness (QED) is 0.177. The second kappa shape index (κ2) is 11.3. The van der Waals surface area contributed by atoms with Gasteiger partial charge in [0.15, 0.2) is 5.65 Å². The van der Waals surface area contributed by atoms with Crippen LogP contribution < -0.4 is 0 Å². The Morgan fingerprint density at radius 2 is 1.50 bits per heavy atom. The van der Waals surface area contributed by atoms with Crippen LogP contribution in [0.2, 0.25) is 0 Å². The monoisotopic (exact) mass is 750 g/mol. The molecule has 2 atom stereocenters. The molecule has 6 aromatic heterocycles. The third-order valence-electron chi connectivity index (χ3n) is 12.2. The minimum absolute atomic E-state index is 0.360. The van der Waals surface area contributed by atoms with Crippen molar-refractivity contribution in [3.05, 3.63) is 163 Å². The summed E-state index contributed by atoms with van der Waals surface area (Å²) in [6.07, 6.45) is 15.1. The summed E-state index contributed by atoms with van der Waals surface area (Å²) in [6, 6.07) is 40.2. The van der Waals surface area contributed by atoms with Gasteiger partial charge < -0.3 is 0 Å². The van der Waals surface area contributed by atoms with Gasteiger partial charge in [-0.05, 0) is 75.4 Å². The molecule has 11 aromatic rings. The Balaban J connectivity index is 1.08. The van der Waals surface area contributed by atoms with Crippen molar-refractivity contribution in [2.24, 2.45) is 5.92 Å². The molecule has 0 aliphatic heterocycles. The summed E-state index contributed by atoms with van der Waals surface area (Å²) in [4.78, 5) is 15.2. The maximum absolute atomic E-state index is 5.49. The normalized spacial score (nSPS) is 16.6. The van der Waals surface area contributed by atoms with Crippen LogP contribution in [0.15, 0.2) is 151 Å². The van der Waals surface area contributed by atoms with E-state index in [1.807, 2.05) is 41.1 Å². The molecule has 6 heteroatoms. The number of hydrogen-bond acceptors (Lipinski definition) is 5. The molecule has 0 N–H and O–H groups in total. The van der Waals surface area contributed by atoms with Gasteiger partial charge in [-0.2, -0.15) is 0 Å². The highest BCUT2D eigenvalue weighted by atomic mass is 32.1. The van der Waals surface area contributed by atoms with Gasteiger partial charge in [-0.1, -0.05) is 110 Å². The summed E-state index contributed by atoms with van der Waals surface area (Å²) in [5.74, 6) is 0.741. The Morgan fingerprint density at radius 3 is 2.43 bits per heavy atom. The predicted molar refractivity (Wildman–Crippen MR) is 238 cm³/mol. The average Bonchev–Trinajstić information content (AvgIpc) is 3.94. The zero-order valence-electron chi connectivity index (χ0n) is 30.2. The number of fused-ring (bicyclic) bond motifs is 16. The van der Waals surface area contributed by atoms with Gasteiger partial charge in [0.05, 0.1) is 37.3 Å². The van der Waals surface area contributed by atoms with Gasteiger partial charge in [0.1, 0.15) is 0 Å². The fourth-order valence-corrected chi connectivity index (χ4v) is 12.0. The third kappa shape index (κ3) is 4.20. The Bertz CT molecular complexity index is 3610. The smallest absolute Gasteiger partial charge is 0.156 e. The molecular formula is C50H30N4S2. The molecule has 2 unspecified atom stereocenters. The van der Waals surface area contributed by atoms with Crippen LogP contribution in [0.1, 0.15) is 24.0 Å². The highest BCUT2D eigenvalue weighted by Crippen LogP contribution is 2.47. The van der Waals surface area contributed by atoms with Crippen LogP contribution >= 0.6 is 22.7 Å². The number of hydrogen-bond donors (Lipinski definition) is 0. The van der Waals surface area contributed by atoms with Crippen LogP contribution in [0.3, 0.4) is 0 Å². The molecule has 262 valence electrons. The van der Waals surface area contributed by atoms with Crippen molar-refractivity contribution in [3.63, 3.8) is 0 Å². The van der Waals surface area contributed by atoms with E-state index in [0.29, 0.717) is 11.8 Å². The molecule has 0 amide bonds. The first kappa shape index (κ1) is 30.8. The standard InChI is InChI=1S/C50H30N4S2/c1-27-33-10-4-3-9-31(33)22-32-23-40-42(24-36(27)32)54-41(25-37-45-34-11-5-2-8-28(34)18-19-44(45)56-48(37)50(54)53-40)29-14-16-30(17-15-29)47-49-46(35-12-6-7-13-43(35)55-49)38-26-51-21-20-39(38)52-47/h2-27,33H,1H3. The molecule has 0 saturated heterocycles. The zero-order chi connectivity index (χ0) is 36.6. The van der Waals surface area contributed by atoms with Crippen LogP contribution in [-0.2, 0) is 0 Å². The minimum atomic E-state index is 0.360. The molecule has 0 bridgehead atoms. The second-order valence-corrected chi connectivity index (χ2v) is 17.3. The summed E-state index contributed by atoms with van der Waals surface area (Å²) < 4.78 is 7.39. The molecule has 0 spiro atoms. The van der Waals surface area contributed by atoms with Gasteiger partial charge in [-0.25, -0.2) is 9.97 Å². The minimum Gasteiger partial charge on any atom is -0.291 e. The van der Waals surface area contributed by atoms with Gasteiger partial charge in [-0.15, -0.1) is 22.7 Å². The van der Waals surface area contributed by atoms with Gasteiger partial charge in [0.2, 0.25) is 0 Å². The van der Waals surface area contributed by atoms with Crippen molar-refractivity contribution >= 4 is 107 Å². The predicted octanol–water partition coefficient (Wildman–Crippen LogP) is 13.9. The summed E-state index contributed by atoms with van der Waals surface area (Å²) in [6.45, 7) is 2.37. The lowest BCUT2D eigenvalue weighted by Crippen LogP contribution is -2.16. The Labute approximate surface area is 329 Å². The lowest BCUT2D eigenvalue weighted by molar-refractivity contribution is 0.618. The fraction of sp³-hybridized carbons (Fsp3) is 0.0600. The van der Waals surface area contributed by atoms with Crippen LogP contribution in [0, 0.1) is 5.92 Å². The van der Waals surface area contributed by atoms with Crippen LogP contribution in [-0.4, -0.2) is 19.4 Å². The van der Waals surface area contributed by atoms with E-state index in [0.717, 1.165) is 50.1 Å². The second-order valence-electron chi connectivity index (χ2n) is 15.2. The number of nitrogens with zero attached hydrogens (tertiary/aromatic N) is 4. The van der Waals surface area contributed by atoms with Gasteiger partial charge >= 0.3 is 0 Å². The molecule has 2 aliphatic carbocycles. The number of allylic oxidation sites excluding steroid dienone is 5. The number of pyridine rings is 3. The third-order valence-corrected chi connectivity index (χ3v) is 14.6. The first-order chi connectivity index (χ1) is 27.7. The number of benzene rings is 5. The van der Waals surface area contributed by atoms with E-state index in [4.69, 9.17) is 9.97 Å². The molecule has 5 aromatic carbocycles. The van der Waals surface area contributed by atoms with Gasteiger partial charge in [0, 0.05) is 60.2 Å². The molecule has 0 radical (unpaired) electrons. The molecule has 2 aliphatic rings. The van der Waals surface area contributed by atoms with Crippen molar-refractivity contribution in [2.75, 3.05) is 0 Å². The highest BCUT2D eigenvalue weighted by Gasteiger charge is 2.28. The van der Waals surface area contributed by atoms with Crippen molar-refractivity contribution in [1.82, 2.24) is 19.4 Å². The average molecular weight is 751 g/mol. The summed E-state index contributed by atoms with van der Waals surface area (Å²) >= 11 is 3.66. The topological polar surface area (TPSA) is 43.1 Å². The molecule has 0 saturated carbocycles. The van der Waals surface area contributed by atoms with Crippen LogP contribution in [0.5, 0.6) is 0 Å². The lowest BCUT2D eigenvalue weighted by Gasteiger charge is -2.30. The first-order valence-electron chi connectivity index (χ1n) is 19.1. The maximum Gasteiger partial charge on any atom is 0.156 e. The SMILES string of the molecule is CC1c2cc3c(cc2C=C2C=CC=CC21)nc1c2sc4ccc5ccccc5c4c2cc(-c2ccc(-c4nc5ccncc5c5c4sc4ccccc45)cc2)n31. The molecular weight excluding hydrogens is 721 g/mol. The molecule has 13 rings (SSSR count). The van der Waals surface area contributed by atoms with Crippen molar-refractivity contribution in [2.45, 2.75) is 12.8 Å². The van der Waals surface area contributed by atoms with E-state index >= 15 is 0 Å². The number of aromatic nitrogens is 4. The molecule has 56 heavy (non-hydrogen) atoms. The largest absolute Gasteiger partial charge is 0.291 e. The van der Waals surface area contributed by atoms with E-state index in [1.54, 1.807) is 0 Å². The van der Waals surface area contributed by atoms with Crippen molar-refractivity contribution in [1.29, 1.82) is 0 Å². The van der Waals surface area contributed by atoms with Gasteiger partial charge in [0.25, 0.3) is 0 Å². The fourth-order valence-electron chi connectivity index (χ4n) is 9.55. The molecule has 0 fully saturated rings. The van der Waals surface area contributed by atoms with E-state index in [-0.39, 0.29) is 0 Å². The van der Waals surface area contributed by atoms with E-state index in [1.165, 1.54) is 67.8 Å². The Kier molecular flexibility index (Phi) is 6.21. The summed E-state index contributed by atoms with van der Waals surface area (Å²) in [5, 5.41) is 8.67. The number of rotatable bonds is 2. The molecule has 4 nitrogen and oxygen atoms in total. The zero-order valence-corrected chi connectivity index (χ0v) is 31.8. The Hall–Kier alpha value is -6.47. The number of imidazole rings is 1. The van der Waals surface area contributed by atoms with E-state index in [9.17, 15) is 0 Å².